The third-order valence-electron chi connectivity index (χ3n) is 5.74. The molecule has 1 fully saturated rings. The Kier molecular flexibility index (Phi) is 9.21. The molecule has 2 unspecified atom stereocenters. The van der Waals surface area contributed by atoms with Crippen molar-refractivity contribution in [2.24, 2.45) is 0 Å². The maximum absolute atomic E-state index is 10.3. The molecule has 3 rings (SSSR count). The standard InChI is InChI=1S/C24H36N2O4/c1-25(16-21(27)18-29-23-8-4-2-5-9-23)20-12-14-26(15-13-20)17-22(28)19-30-24-10-6-3-7-11-24/h2,4-6,8-11,20-22,27-28H,3,7,12-19H2,1H3. The van der Waals surface area contributed by atoms with Gasteiger partial charge in [-0.1, -0.05) is 24.3 Å². The Hall–Kier alpha value is -1.86. The van der Waals surface area contributed by atoms with Crippen molar-refractivity contribution in [3.05, 3.63) is 54.3 Å². The van der Waals surface area contributed by atoms with E-state index in [4.69, 9.17) is 9.47 Å². The highest BCUT2D eigenvalue weighted by Crippen LogP contribution is 2.17. The molecule has 0 saturated carbocycles. The third kappa shape index (κ3) is 7.76. The van der Waals surface area contributed by atoms with Crippen LogP contribution in [-0.2, 0) is 4.74 Å². The van der Waals surface area contributed by atoms with E-state index in [2.05, 4.69) is 29.0 Å². The number of hydrogen-bond donors (Lipinski definition) is 2. The zero-order valence-corrected chi connectivity index (χ0v) is 18.0. The summed E-state index contributed by atoms with van der Waals surface area (Å²) < 4.78 is 11.3. The summed E-state index contributed by atoms with van der Waals surface area (Å²) in [6, 6.07) is 10.0. The molecule has 166 valence electrons. The highest BCUT2D eigenvalue weighted by Gasteiger charge is 2.25. The number of nitrogens with zero attached hydrogens (tertiary/aromatic N) is 2. The zero-order valence-electron chi connectivity index (χ0n) is 18.0. The fraction of sp³-hybridized carbons (Fsp3) is 0.583. The van der Waals surface area contributed by atoms with Gasteiger partial charge in [-0.05, 0) is 70.1 Å². The molecule has 30 heavy (non-hydrogen) atoms. The molecule has 6 nitrogen and oxygen atoms in total. The molecule has 1 aliphatic carbocycles. The van der Waals surface area contributed by atoms with Crippen molar-refractivity contribution in [1.82, 2.24) is 9.80 Å². The average molecular weight is 417 g/mol. The van der Waals surface area contributed by atoms with Gasteiger partial charge in [0.15, 0.2) is 0 Å². The van der Waals surface area contributed by atoms with Crippen LogP contribution in [0.15, 0.2) is 54.3 Å². The lowest BCUT2D eigenvalue weighted by Crippen LogP contribution is -2.48. The number of rotatable bonds is 11. The Labute approximate surface area is 180 Å². The van der Waals surface area contributed by atoms with Gasteiger partial charge in [0.05, 0.1) is 0 Å². The summed E-state index contributed by atoms with van der Waals surface area (Å²) in [7, 11) is 2.07. The van der Waals surface area contributed by atoms with Gasteiger partial charge in [0, 0.05) is 19.1 Å². The van der Waals surface area contributed by atoms with Crippen LogP contribution in [0.5, 0.6) is 5.75 Å². The SMILES string of the molecule is CN(CC(O)COc1ccccc1)C1CCN(CC(O)COC2=CCCC=C2)CC1. The third-order valence-corrected chi connectivity index (χ3v) is 5.74. The van der Waals surface area contributed by atoms with Gasteiger partial charge in [0.25, 0.3) is 0 Å². The summed E-state index contributed by atoms with van der Waals surface area (Å²) >= 11 is 0. The smallest absolute Gasteiger partial charge is 0.119 e. The highest BCUT2D eigenvalue weighted by molar-refractivity contribution is 5.20. The lowest BCUT2D eigenvalue weighted by atomic mass is 10.0. The number of benzene rings is 1. The monoisotopic (exact) mass is 416 g/mol. The molecule has 2 N–H and O–H groups in total. The van der Waals surface area contributed by atoms with Gasteiger partial charge in [-0.3, -0.25) is 0 Å². The van der Waals surface area contributed by atoms with Gasteiger partial charge in [-0.25, -0.2) is 0 Å². The summed E-state index contributed by atoms with van der Waals surface area (Å²) in [6.45, 7) is 3.77. The molecule has 2 aliphatic rings. The van der Waals surface area contributed by atoms with Crippen molar-refractivity contribution in [1.29, 1.82) is 0 Å². The Balaban J connectivity index is 1.30. The molecular formula is C24H36N2O4. The molecule has 0 spiro atoms. The van der Waals surface area contributed by atoms with Crippen molar-refractivity contribution in [3.63, 3.8) is 0 Å². The second kappa shape index (κ2) is 12.1. The van der Waals surface area contributed by atoms with Crippen LogP contribution in [-0.4, -0.2) is 84.7 Å². The van der Waals surface area contributed by atoms with Gasteiger partial charge in [0.2, 0.25) is 0 Å². The van der Waals surface area contributed by atoms with E-state index in [1.165, 1.54) is 0 Å². The van der Waals surface area contributed by atoms with Crippen molar-refractivity contribution in [2.45, 2.75) is 43.9 Å². The minimum atomic E-state index is -0.518. The van der Waals surface area contributed by atoms with Gasteiger partial charge >= 0.3 is 0 Å². The molecule has 1 heterocycles. The first-order valence-corrected chi connectivity index (χ1v) is 11.1. The maximum atomic E-state index is 10.3. The number of likely N-dealkylation sites (N-methyl/N-ethyl adjacent to an activating group) is 1. The van der Waals surface area contributed by atoms with Crippen molar-refractivity contribution in [2.75, 3.05) is 46.4 Å². The summed E-state index contributed by atoms with van der Waals surface area (Å²) in [4.78, 5) is 4.54. The van der Waals surface area contributed by atoms with Crippen LogP contribution < -0.4 is 4.74 Å². The van der Waals surface area contributed by atoms with Crippen molar-refractivity contribution < 1.29 is 19.7 Å². The Morgan fingerprint density at radius 2 is 1.77 bits per heavy atom. The second-order valence-electron chi connectivity index (χ2n) is 8.30. The van der Waals surface area contributed by atoms with Crippen LogP contribution in [0, 0.1) is 0 Å². The second-order valence-corrected chi connectivity index (χ2v) is 8.30. The first kappa shape index (κ1) is 22.8. The number of aliphatic hydroxyl groups is 2. The summed E-state index contributed by atoms with van der Waals surface area (Å²) in [5.41, 5.74) is 0. The van der Waals surface area contributed by atoms with Crippen LogP contribution in [0.3, 0.4) is 0 Å². The maximum Gasteiger partial charge on any atom is 0.119 e. The molecule has 1 aromatic carbocycles. The van der Waals surface area contributed by atoms with Crippen molar-refractivity contribution in [3.8, 4) is 5.75 Å². The summed E-state index contributed by atoms with van der Waals surface area (Å²) in [5.74, 6) is 1.65. The van der Waals surface area contributed by atoms with E-state index in [0.717, 1.165) is 50.3 Å². The molecule has 0 bridgehead atoms. The van der Waals surface area contributed by atoms with Gasteiger partial charge in [-0.2, -0.15) is 0 Å². The van der Waals surface area contributed by atoms with Crippen LogP contribution in [0.1, 0.15) is 25.7 Å². The molecule has 0 radical (unpaired) electrons. The minimum absolute atomic E-state index is 0.297. The minimum Gasteiger partial charge on any atom is -0.491 e. The number of piperidine rings is 1. The predicted octanol–water partition coefficient (Wildman–Crippen LogP) is 2.43. The first-order valence-electron chi connectivity index (χ1n) is 11.1. The molecule has 1 aliphatic heterocycles. The number of para-hydroxylation sites is 1. The number of allylic oxidation sites excluding steroid dienone is 3. The number of hydrogen-bond acceptors (Lipinski definition) is 6. The molecular weight excluding hydrogens is 380 g/mol. The fourth-order valence-corrected chi connectivity index (χ4v) is 4.03. The Bertz CT molecular complexity index is 671. The normalized spacial score (nSPS) is 20.1. The van der Waals surface area contributed by atoms with E-state index in [-0.39, 0.29) is 0 Å². The van der Waals surface area contributed by atoms with Gasteiger partial charge in [-0.15, -0.1) is 0 Å². The van der Waals surface area contributed by atoms with Gasteiger partial charge < -0.3 is 29.5 Å². The number of likely N-dealkylation sites (tertiary alicyclic amines) is 1. The van der Waals surface area contributed by atoms with E-state index in [9.17, 15) is 10.2 Å². The quantitative estimate of drug-likeness (QED) is 0.578. The molecule has 6 heteroatoms. The Morgan fingerprint density at radius 3 is 2.47 bits per heavy atom. The number of aliphatic hydroxyl groups excluding tert-OH is 2. The number of β-amino-alcohol motifs (C(OH)–C–C–N with tert-alkyl or cyclic N) is 1. The van der Waals surface area contributed by atoms with Gasteiger partial charge in [0.1, 0.15) is 36.9 Å². The Morgan fingerprint density at radius 1 is 1.03 bits per heavy atom. The highest BCUT2D eigenvalue weighted by atomic mass is 16.5. The zero-order chi connectivity index (χ0) is 21.2. The van der Waals surface area contributed by atoms with Crippen LogP contribution >= 0.6 is 0 Å². The van der Waals surface area contributed by atoms with Crippen LogP contribution in [0.2, 0.25) is 0 Å². The van der Waals surface area contributed by atoms with E-state index in [1.54, 1.807) is 0 Å². The predicted molar refractivity (Wildman–Crippen MR) is 118 cm³/mol. The topological polar surface area (TPSA) is 65.4 Å². The summed E-state index contributed by atoms with van der Waals surface area (Å²) in [5, 5.41) is 20.6. The molecule has 1 saturated heterocycles. The van der Waals surface area contributed by atoms with Crippen LogP contribution in [0.25, 0.3) is 0 Å². The summed E-state index contributed by atoms with van der Waals surface area (Å²) in [6.07, 6.45) is 9.31. The molecule has 2 atom stereocenters. The number of ether oxygens (including phenoxy) is 2. The average Bonchev–Trinajstić information content (AvgIpc) is 2.78. The molecule has 1 aromatic rings. The molecule has 0 aromatic heterocycles. The van der Waals surface area contributed by atoms with E-state index in [1.807, 2.05) is 36.4 Å². The van der Waals surface area contributed by atoms with Crippen LogP contribution in [0.4, 0.5) is 0 Å². The first-order chi connectivity index (χ1) is 14.6. The fourth-order valence-electron chi connectivity index (χ4n) is 4.03. The lowest BCUT2D eigenvalue weighted by molar-refractivity contribution is 0.0214. The van der Waals surface area contributed by atoms with E-state index in [0.29, 0.717) is 32.3 Å². The largest absolute Gasteiger partial charge is 0.491 e. The lowest BCUT2D eigenvalue weighted by Gasteiger charge is -2.38. The van der Waals surface area contributed by atoms with E-state index >= 15 is 0 Å². The van der Waals surface area contributed by atoms with Crippen molar-refractivity contribution >= 4 is 0 Å². The van der Waals surface area contributed by atoms with E-state index < -0.39 is 12.2 Å². The molecule has 0 amide bonds.